The van der Waals surface area contributed by atoms with E-state index in [0.29, 0.717) is 16.9 Å². The van der Waals surface area contributed by atoms with Crippen LogP contribution in [0.15, 0.2) is 67.0 Å². The van der Waals surface area contributed by atoms with Crippen LogP contribution in [0.2, 0.25) is 0 Å². The van der Waals surface area contributed by atoms with Crippen LogP contribution in [0.25, 0.3) is 5.69 Å². The Labute approximate surface area is 157 Å². The number of carbonyl (C=O) groups excluding carboxylic acids is 2. The summed E-state index contributed by atoms with van der Waals surface area (Å²) in [7, 11) is 0. The van der Waals surface area contributed by atoms with Crippen molar-refractivity contribution in [1.29, 1.82) is 0 Å². The van der Waals surface area contributed by atoms with Crippen LogP contribution in [0, 0.1) is 0 Å². The van der Waals surface area contributed by atoms with Crippen LogP contribution in [0.4, 0.5) is 16.2 Å². The molecule has 7 heteroatoms. The standard InChI is InChI=1S/C20H21N5O2/c1-14(2)22-20(27)23-16-8-5-7-15(13-16)19(26)24-17-9-3-4-10-18(17)25-12-6-11-21-25/h3-14H,1-2H3,(H,24,26)(H2,22,23,27). The van der Waals surface area contributed by atoms with Gasteiger partial charge in [0.05, 0.1) is 11.4 Å². The molecule has 1 heterocycles. The number of rotatable bonds is 5. The Hall–Kier alpha value is -3.61. The lowest BCUT2D eigenvalue weighted by atomic mass is 10.1. The number of aromatic nitrogens is 2. The second kappa shape index (κ2) is 8.18. The predicted molar refractivity (Wildman–Crippen MR) is 105 cm³/mol. The quantitative estimate of drug-likeness (QED) is 0.646. The number of anilines is 2. The van der Waals surface area contributed by atoms with Gasteiger partial charge in [0, 0.05) is 29.7 Å². The molecule has 2 aromatic carbocycles. The monoisotopic (exact) mass is 363 g/mol. The zero-order chi connectivity index (χ0) is 19.2. The highest BCUT2D eigenvalue weighted by Gasteiger charge is 2.11. The number of nitrogens with zero attached hydrogens (tertiary/aromatic N) is 2. The molecule has 0 aliphatic heterocycles. The Morgan fingerprint density at radius 2 is 1.81 bits per heavy atom. The number of hydrogen-bond donors (Lipinski definition) is 3. The predicted octanol–water partition coefficient (Wildman–Crippen LogP) is 3.65. The smallest absolute Gasteiger partial charge is 0.319 e. The van der Waals surface area contributed by atoms with Crippen molar-refractivity contribution in [3.05, 3.63) is 72.6 Å². The van der Waals surface area contributed by atoms with E-state index >= 15 is 0 Å². The van der Waals surface area contributed by atoms with Gasteiger partial charge in [-0.3, -0.25) is 4.79 Å². The Morgan fingerprint density at radius 3 is 2.56 bits per heavy atom. The molecule has 0 saturated carbocycles. The summed E-state index contributed by atoms with van der Waals surface area (Å²) >= 11 is 0. The molecule has 3 amide bonds. The molecule has 3 rings (SSSR count). The first kappa shape index (κ1) is 18.2. The lowest BCUT2D eigenvalue weighted by molar-refractivity contribution is 0.102. The van der Waals surface area contributed by atoms with Crippen LogP contribution in [0.3, 0.4) is 0 Å². The van der Waals surface area contributed by atoms with Crippen molar-refractivity contribution in [2.45, 2.75) is 19.9 Å². The van der Waals surface area contributed by atoms with Gasteiger partial charge in [0.15, 0.2) is 0 Å². The first-order valence-corrected chi connectivity index (χ1v) is 8.61. The Kier molecular flexibility index (Phi) is 5.51. The lowest BCUT2D eigenvalue weighted by Crippen LogP contribution is -2.34. The highest BCUT2D eigenvalue weighted by Crippen LogP contribution is 2.20. The molecule has 0 aliphatic carbocycles. The molecule has 0 spiro atoms. The minimum Gasteiger partial charge on any atom is -0.336 e. The van der Waals surface area contributed by atoms with E-state index in [-0.39, 0.29) is 18.0 Å². The molecule has 0 atom stereocenters. The van der Waals surface area contributed by atoms with Crippen LogP contribution in [-0.2, 0) is 0 Å². The van der Waals surface area contributed by atoms with Crippen molar-refractivity contribution in [2.24, 2.45) is 0 Å². The summed E-state index contributed by atoms with van der Waals surface area (Å²) in [5, 5.41) is 12.6. The van der Waals surface area contributed by atoms with E-state index in [1.54, 1.807) is 35.1 Å². The molecule has 1 aromatic heterocycles. The largest absolute Gasteiger partial charge is 0.336 e. The molecule has 3 N–H and O–H groups in total. The summed E-state index contributed by atoms with van der Waals surface area (Å²) in [4.78, 5) is 24.5. The van der Waals surface area contributed by atoms with E-state index in [2.05, 4.69) is 21.0 Å². The molecule has 0 radical (unpaired) electrons. The van der Waals surface area contributed by atoms with Gasteiger partial charge in [-0.1, -0.05) is 18.2 Å². The minimum absolute atomic E-state index is 0.0234. The number of urea groups is 1. The van der Waals surface area contributed by atoms with E-state index in [9.17, 15) is 9.59 Å². The van der Waals surface area contributed by atoms with E-state index < -0.39 is 0 Å². The average Bonchev–Trinajstić information content (AvgIpc) is 3.16. The third kappa shape index (κ3) is 4.72. The van der Waals surface area contributed by atoms with E-state index in [0.717, 1.165) is 5.69 Å². The molecule has 0 unspecified atom stereocenters. The third-order valence-corrected chi connectivity index (χ3v) is 3.71. The lowest BCUT2D eigenvalue weighted by Gasteiger charge is -2.13. The Balaban J connectivity index is 1.76. The molecule has 3 aromatic rings. The summed E-state index contributed by atoms with van der Waals surface area (Å²) < 4.78 is 1.68. The maximum absolute atomic E-state index is 12.7. The van der Waals surface area contributed by atoms with Crippen molar-refractivity contribution >= 4 is 23.3 Å². The summed E-state index contributed by atoms with van der Waals surface area (Å²) in [6, 6.07) is 15.7. The number of amides is 3. The van der Waals surface area contributed by atoms with Gasteiger partial charge in [0.2, 0.25) is 0 Å². The van der Waals surface area contributed by atoms with Gasteiger partial charge in [0.1, 0.15) is 0 Å². The maximum Gasteiger partial charge on any atom is 0.319 e. The van der Waals surface area contributed by atoms with Crippen molar-refractivity contribution < 1.29 is 9.59 Å². The first-order valence-electron chi connectivity index (χ1n) is 8.61. The maximum atomic E-state index is 12.7. The van der Waals surface area contributed by atoms with Crippen LogP contribution in [0.5, 0.6) is 0 Å². The van der Waals surface area contributed by atoms with Crippen LogP contribution in [-0.4, -0.2) is 27.8 Å². The topological polar surface area (TPSA) is 88.0 Å². The fraction of sp³-hybridized carbons (Fsp3) is 0.150. The molecule has 0 fully saturated rings. The van der Waals surface area contributed by atoms with Gasteiger partial charge < -0.3 is 16.0 Å². The van der Waals surface area contributed by atoms with Crippen LogP contribution >= 0.6 is 0 Å². The number of benzene rings is 2. The van der Waals surface area contributed by atoms with Crippen molar-refractivity contribution in [3.63, 3.8) is 0 Å². The van der Waals surface area contributed by atoms with Gasteiger partial charge in [-0.2, -0.15) is 5.10 Å². The fourth-order valence-electron chi connectivity index (χ4n) is 2.55. The first-order chi connectivity index (χ1) is 13.0. The van der Waals surface area contributed by atoms with E-state index in [1.807, 2.05) is 50.4 Å². The molecule has 7 nitrogen and oxygen atoms in total. The van der Waals surface area contributed by atoms with Crippen LogP contribution < -0.4 is 16.0 Å². The van der Waals surface area contributed by atoms with Crippen LogP contribution in [0.1, 0.15) is 24.2 Å². The summed E-state index contributed by atoms with van der Waals surface area (Å²) in [6.45, 7) is 3.75. The SMILES string of the molecule is CC(C)NC(=O)Nc1cccc(C(=O)Nc2ccccc2-n2cccn2)c1. The van der Waals surface area contributed by atoms with E-state index in [1.165, 1.54) is 0 Å². The molecule has 0 saturated heterocycles. The Bertz CT molecular complexity index is 935. The summed E-state index contributed by atoms with van der Waals surface area (Å²) in [5.41, 5.74) is 2.39. The summed E-state index contributed by atoms with van der Waals surface area (Å²) in [5.74, 6) is -0.275. The molecule has 0 aliphatic rings. The molecule has 0 bridgehead atoms. The zero-order valence-electron chi connectivity index (χ0n) is 15.1. The number of para-hydroxylation sites is 2. The minimum atomic E-state index is -0.313. The van der Waals surface area contributed by atoms with Gasteiger partial charge in [-0.05, 0) is 50.2 Å². The van der Waals surface area contributed by atoms with Crippen molar-refractivity contribution in [1.82, 2.24) is 15.1 Å². The van der Waals surface area contributed by atoms with Gasteiger partial charge >= 0.3 is 6.03 Å². The number of hydrogen-bond acceptors (Lipinski definition) is 3. The van der Waals surface area contributed by atoms with E-state index in [4.69, 9.17) is 0 Å². The third-order valence-electron chi connectivity index (χ3n) is 3.71. The highest BCUT2D eigenvalue weighted by atomic mass is 16.2. The summed E-state index contributed by atoms with van der Waals surface area (Å²) in [6.07, 6.45) is 3.48. The van der Waals surface area contributed by atoms with Gasteiger partial charge in [-0.15, -0.1) is 0 Å². The number of carbonyl (C=O) groups is 2. The Morgan fingerprint density at radius 1 is 1.00 bits per heavy atom. The second-order valence-corrected chi connectivity index (χ2v) is 6.26. The normalized spacial score (nSPS) is 10.5. The average molecular weight is 363 g/mol. The zero-order valence-corrected chi connectivity index (χ0v) is 15.1. The number of nitrogens with one attached hydrogen (secondary N) is 3. The van der Waals surface area contributed by atoms with Crippen molar-refractivity contribution in [2.75, 3.05) is 10.6 Å². The fourth-order valence-corrected chi connectivity index (χ4v) is 2.55. The van der Waals surface area contributed by atoms with Gasteiger partial charge in [0.25, 0.3) is 5.91 Å². The molecule has 138 valence electrons. The van der Waals surface area contributed by atoms with Crippen molar-refractivity contribution in [3.8, 4) is 5.69 Å². The highest BCUT2D eigenvalue weighted by molar-refractivity contribution is 6.06. The molecular weight excluding hydrogens is 342 g/mol. The molecule has 27 heavy (non-hydrogen) atoms. The second-order valence-electron chi connectivity index (χ2n) is 6.26. The van der Waals surface area contributed by atoms with Gasteiger partial charge in [-0.25, -0.2) is 9.48 Å². The molecular formula is C20H21N5O2.